The number of methoxy groups -OCH3 is 1. The Morgan fingerprint density at radius 1 is 1.06 bits per heavy atom. The van der Waals surface area contributed by atoms with Crippen LogP contribution < -0.4 is 15.1 Å². The van der Waals surface area contributed by atoms with Gasteiger partial charge in [0, 0.05) is 0 Å². The number of benzene rings is 3. The minimum Gasteiger partial charge on any atom is -0.508 e. The molecule has 162 valence electrons. The Labute approximate surface area is 191 Å². The molecule has 0 spiro atoms. The van der Waals surface area contributed by atoms with Crippen molar-refractivity contribution in [1.29, 1.82) is 0 Å². The van der Waals surface area contributed by atoms with Crippen LogP contribution in [0.1, 0.15) is 27.7 Å². The predicted molar refractivity (Wildman–Crippen MR) is 125 cm³/mol. The molecule has 5 aromatic rings. The Kier molecular flexibility index (Phi) is 4.24. The van der Waals surface area contributed by atoms with Crippen molar-refractivity contribution in [2.45, 2.75) is 6.04 Å². The van der Waals surface area contributed by atoms with E-state index in [9.17, 15) is 14.7 Å². The number of anilines is 1. The van der Waals surface area contributed by atoms with Gasteiger partial charge in [-0.25, -0.2) is 4.98 Å². The number of phenolic OH excluding ortho intramolecular Hbond substituents is 1. The van der Waals surface area contributed by atoms with Gasteiger partial charge in [0.25, 0.3) is 5.91 Å². The summed E-state index contributed by atoms with van der Waals surface area (Å²) < 4.78 is 12.1. The second-order valence-corrected chi connectivity index (χ2v) is 8.68. The normalized spacial score (nSPS) is 15.4. The molecule has 6 rings (SSSR count). The van der Waals surface area contributed by atoms with E-state index in [1.165, 1.54) is 28.4 Å². The molecule has 0 aliphatic carbocycles. The van der Waals surface area contributed by atoms with Crippen molar-refractivity contribution in [3.63, 3.8) is 0 Å². The molecule has 0 unspecified atom stereocenters. The summed E-state index contributed by atoms with van der Waals surface area (Å²) in [6, 6.07) is 18.1. The molecule has 1 aliphatic heterocycles. The first kappa shape index (κ1) is 19.5. The van der Waals surface area contributed by atoms with Gasteiger partial charge in [0.15, 0.2) is 10.6 Å². The maximum atomic E-state index is 13.6. The smallest absolute Gasteiger partial charge is 0.297 e. The standard InChI is InChI=1S/C25H16N2O5S/c1-31-15-10-11-17-19(12-15)33-25(26-17)27-21(13-6-8-14(28)9-7-13)20-22(29)16-4-2-3-5-18(16)32-23(20)24(27)30/h2-12,21,28H,1H3/t21-/m1/s1. The van der Waals surface area contributed by atoms with Crippen molar-refractivity contribution in [3.8, 4) is 11.5 Å². The average Bonchev–Trinajstić information content (AvgIpc) is 3.38. The van der Waals surface area contributed by atoms with Crippen LogP contribution in [0.2, 0.25) is 0 Å². The molecular formula is C25H16N2O5S. The number of fused-ring (bicyclic) bond motifs is 3. The molecule has 3 aromatic carbocycles. The number of carbonyl (C=O) groups excluding carboxylic acids is 1. The summed E-state index contributed by atoms with van der Waals surface area (Å²) in [5, 5.41) is 10.6. The Hall–Kier alpha value is -4.17. The maximum absolute atomic E-state index is 13.6. The summed E-state index contributed by atoms with van der Waals surface area (Å²) >= 11 is 1.33. The molecule has 1 aliphatic rings. The first-order valence-corrected chi connectivity index (χ1v) is 11.0. The summed E-state index contributed by atoms with van der Waals surface area (Å²) in [5.74, 6) is 0.352. The van der Waals surface area contributed by atoms with Crippen LogP contribution in [0.3, 0.4) is 0 Å². The number of ether oxygens (including phenoxy) is 1. The van der Waals surface area contributed by atoms with Crippen LogP contribution in [-0.2, 0) is 0 Å². The highest BCUT2D eigenvalue weighted by Crippen LogP contribution is 2.44. The number of rotatable bonds is 3. The van der Waals surface area contributed by atoms with Crippen LogP contribution in [0, 0.1) is 0 Å². The number of hydrogen-bond donors (Lipinski definition) is 1. The van der Waals surface area contributed by atoms with E-state index in [-0.39, 0.29) is 22.5 Å². The first-order chi connectivity index (χ1) is 16.0. The summed E-state index contributed by atoms with van der Waals surface area (Å²) in [5.41, 5.74) is 1.74. The van der Waals surface area contributed by atoms with Gasteiger partial charge in [0.1, 0.15) is 17.1 Å². The number of aromatic nitrogens is 1. The minimum absolute atomic E-state index is 0.00797. The van der Waals surface area contributed by atoms with Gasteiger partial charge in [-0.1, -0.05) is 35.6 Å². The van der Waals surface area contributed by atoms with E-state index >= 15 is 0 Å². The fourth-order valence-corrected chi connectivity index (χ4v) is 5.23. The zero-order chi connectivity index (χ0) is 22.7. The van der Waals surface area contributed by atoms with E-state index in [2.05, 4.69) is 4.98 Å². The topological polar surface area (TPSA) is 92.9 Å². The molecule has 2 aromatic heterocycles. The molecule has 0 radical (unpaired) electrons. The fraction of sp³-hybridized carbons (Fsp3) is 0.0800. The van der Waals surface area contributed by atoms with Crippen LogP contribution in [0.5, 0.6) is 11.5 Å². The lowest BCUT2D eigenvalue weighted by Crippen LogP contribution is -2.29. The number of aromatic hydroxyl groups is 1. The van der Waals surface area contributed by atoms with Gasteiger partial charge in [-0.05, 0) is 48.0 Å². The highest BCUT2D eigenvalue weighted by Gasteiger charge is 2.45. The van der Waals surface area contributed by atoms with Crippen LogP contribution in [0.25, 0.3) is 21.2 Å². The van der Waals surface area contributed by atoms with Crippen molar-refractivity contribution in [3.05, 3.63) is 93.8 Å². The minimum atomic E-state index is -0.739. The third-order valence-corrected chi connectivity index (χ3v) is 6.79. The van der Waals surface area contributed by atoms with Gasteiger partial charge in [-0.3, -0.25) is 14.5 Å². The Morgan fingerprint density at radius 3 is 2.64 bits per heavy atom. The maximum Gasteiger partial charge on any atom is 0.297 e. The van der Waals surface area contributed by atoms with Crippen molar-refractivity contribution < 1.29 is 19.1 Å². The number of hydrogen-bond acceptors (Lipinski definition) is 7. The molecule has 0 bridgehead atoms. The van der Waals surface area contributed by atoms with E-state index < -0.39 is 11.9 Å². The van der Waals surface area contributed by atoms with Gasteiger partial charge < -0.3 is 14.3 Å². The number of carbonyl (C=O) groups is 1. The molecule has 1 N–H and O–H groups in total. The monoisotopic (exact) mass is 456 g/mol. The molecule has 33 heavy (non-hydrogen) atoms. The lowest BCUT2D eigenvalue weighted by molar-refractivity contribution is 0.0971. The third kappa shape index (κ3) is 2.91. The van der Waals surface area contributed by atoms with Crippen molar-refractivity contribution in [2.24, 2.45) is 0 Å². The van der Waals surface area contributed by atoms with E-state index in [1.807, 2.05) is 18.2 Å². The van der Waals surface area contributed by atoms with E-state index in [0.29, 0.717) is 32.9 Å². The quantitative estimate of drug-likeness (QED) is 0.417. The summed E-state index contributed by atoms with van der Waals surface area (Å²) in [6.07, 6.45) is 0. The van der Waals surface area contributed by atoms with Gasteiger partial charge >= 0.3 is 0 Å². The lowest BCUT2D eigenvalue weighted by Gasteiger charge is -2.22. The van der Waals surface area contributed by atoms with Crippen molar-refractivity contribution in [2.75, 3.05) is 12.0 Å². The second-order valence-electron chi connectivity index (χ2n) is 7.67. The number of phenols is 1. The molecule has 1 atom stereocenters. The second kappa shape index (κ2) is 7.18. The molecule has 0 saturated carbocycles. The Morgan fingerprint density at radius 2 is 1.85 bits per heavy atom. The number of amides is 1. The van der Waals surface area contributed by atoms with Crippen molar-refractivity contribution in [1.82, 2.24) is 4.98 Å². The van der Waals surface area contributed by atoms with E-state index in [4.69, 9.17) is 9.15 Å². The first-order valence-electron chi connectivity index (χ1n) is 10.2. The highest BCUT2D eigenvalue weighted by molar-refractivity contribution is 7.22. The summed E-state index contributed by atoms with van der Waals surface area (Å²) in [6.45, 7) is 0. The average molecular weight is 456 g/mol. The van der Waals surface area contributed by atoms with E-state index in [1.54, 1.807) is 43.5 Å². The van der Waals surface area contributed by atoms with Gasteiger partial charge in [-0.2, -0.15) is 0 Å². The zero-order valence-electron chi connectivity index (χ0n) is 17.3. The number of para-hydroxylation sites is 1. The Bertz CT molecular complexity index is 1620. The zero-order valence-corrected chi connectivity index (χ0v) is 18.1. The van der Waals surface area contributed by atoms with Crippen LogP contribution >= 0.6 is 11.3 Å². The summed E-state index contributed by atoms with van der Waals surface area (Å²) in [4.78, 5) is 33.3. The fourth-order valence-electron chi connectivity index (χ4n) is 4.21. The third-order valence-electron chi connectivity index (χ3n) is 5.78. The Balaban J connectivity index is 1.62. The molecule has 8 heteroatoms. The van der Waals surface area contributed by atoms with Crippen molar-refractivity contribution >= 4 is 43.6 Å². The lowest BCUT2D eigenvalue weighted by atomic mass is 9.98. The molecule has 7 nitrogen and oxygen atoms in total. The van der Waals surface area contributed by atoms with Crippen LogP contribution in [-0.4, -0.2) is 23.1 Å². The largest absolute Gasteiger partial charge is 0.508 e. The van der Waals surface area contributed by atoms with Crippen LogP contribution in [0.15, 0.2) is 75.9 Å². The van der Waals surface area contributed by atoms with Gasteiger partial charge in [0.05, 0.1) is 34.3 Å². The molecule has 0 fully saturated rings. The van der Waals surface area contributed by atoms with Gasteiger partial charge in [0.2, 0.25) is 5.76 Å². The molecule has 1 amide bonds. The number of thiazole rings is 1. The predicted octanol–water partition coefficient (Wildman–Crippen LogP) is 4.87. The van der Waals surface area contributed by atoms with Crippen LogP contribution in [0.4, 0.5) is 5.13 Å². The van der Waals surface area contributed by atoms with Gasteiger partial charge in [-0.15, -0.1) is 0 Å². The number of nitrogens with zero attached hydrogens (tertiary/aromatic N) is 2. The highest BCUT2D eigenvalue weighted by atomic mass is 32.1. The van der Waals surface area contributed by atoms with E-state index in [0.717, 1.165) is 4.70 Å². The SMILES string of the molecule is COc1ccc2nc(N3C(=O)c4oc5ccccc5c(=O)c4[C@H]3c3ccc(O)cc3)sc2c1. The molecule has 0 saturated heterocycles. The molecule has 3 heterocycles. The molecular weight excluding hydrogens is 440 g/mol. The summed E-state index contributed by atoms with van der Waals surface area (Å²) in [7, 11) is 1.59.